The van der Waals surface area contributed by atoms with Crippen molar-refractivity contribution < 1.29 is 14.6 Å². The summed E-state index contributed by atoms with van der Waals surface area (Å²) in [6.45, 7) is 0.405. The molecule has 2 rings (SSSR count). The van der Waals surface area contributed by atoms with Gasteiger partial charge in [-0.15, -0.1) is 0 Å². The third kappa shape index (κ3) is 3.79. The number of nitrogens with zero attached hydrogens (tertiary/aromatic N) is 1. The molecule has 0 spiro atoms. The minimum absolute atomic E-state index is 0.161. The van der Waals surface area contributed by atoms with Crippen molar-refractivity contribution in [3.05, 3.63) is 58.3 Å². The van der Waals surface area contributed by atoms with Crippen LogP contribution in [-0.2, 0) is 6.42 Å². The lowest BCUT2D eigenvalue weighted by Gasteiger charge is -2.09. The van der Waals surface area contributed by atoms with Gasteiger partial charge >= 0.3 is 5.97 Å². The van der Waals surface area contributed by atoms with E-state index in [1.54, 1.807) is 24.5 Å². The zero-order valence-electron chi connectivity index (χ0n) is 10.0. The Morgan fingerprint density at radius 2 is 2.21 bits per heavy atom. The summed E-state index contributed by atoms with van der Waals surface area (Å²) in [6, 6.07) is 8.67. The summed E-state index contributed by atoms with van der Waals surface area (Å²) in [5.74, 6) is -0.630. The Kier molecular flexibility index (Phi) is 4.52. The van der Waals surface area contributed by atoms with E-state index in [1.165, 1.54) is 6.07 Å². The molecule has 0 aliphatic heterocycles. The molecule has 1 aromatic carbocycles. The number of aromatic carboxylic acids is 1. The van der Waals surface area contributed by atoms with Crippen LogP contribution in [0.4, 0.5) is 0 Å². The maximum absolute atomic E-state index is 11.1. The van der Waals surface area contributed by atoms with Gasteiger partial charge in [-0.3, -0.25) is 4.98 Å². The zero-order valence-corrected chi connectivity index (χ0v) is 11.6. The van der Waals surface area contributed by atoms with E-state index in [0.717, 1.165) is 10.0 Å². The molecule has 0 atom stereocenters. The highest BCUT2D eigenvalue weighted by Gasteiger charge is 2.11. The van der Waals surface area contributed by atoms with Gasteiger partial charge in [0.15, 0.2) is 0 Å². The summed E-state index contributed by atoms with van der Waals surface area (Å²) in [5, 5.41) is 9.07. The van der Waals surface area contributed by atoms with Gasteiger partial charge in [-0.25, -0.2) is 4.79 Å². The van der Waals surface area contributed by atoms with Crippen LogP contribution in [0.15, 0.2) is 47.2 Å². The Bertz CT molecular complexity index is 572. The van der Waals surface area contributed by atoms with Crippen LogP contribution in [0.1, 0.15) is 15.9 Å². The van der Waals surface area contributed by atoms with Gasteiger partial charge < -0.3 is 9.84 Å². The fourth-order valence-electron chi connectivity index (χ4n) is 1.62. The number of carboxylic acid groups (broad SMARTS) is 1. The number of rotatable bonds is 5. The van der Waals surface area contributed by atoms with Gasteiger partial charge in [-0.1, -0.05) is 22.0 Å². The van der Waals surface area contributed by atoms with Gasteiger partial charge in [-0.2, -0.15) is 0 Å². The summed E-state index contributed by atoms with van der Waals surface area (Å²) in [4.78, 5) is 15.1. The number of benzene rings is 1. The average Bonchev–Trinajstić information content (AvgIpc) is 2.39. The molecular formula is C14H12BrNO3. The van der Waals surface area contributed by atoms with Crippen LogP contribution in [0.2, 0.25) is 0 Å². The number of ether oxygens (including phenoxy) is 1. The number of carboxylic acids is 1. The molecule has 0 fully saturated rings. The monoisotopic (exact) mass is 321 g/mol. The van der Waals surface area contributed by atoms with Crippen molar-refractivity contribution in [3.8, 4) is 5.75 Å². The molecule has 0 aliphatic carbocycles. The van der Waals surface area contributed by atoms with Crippen molar-refractivity contribution in [1.29, 1.82) is 0 Å². The number of pyridine rings is 1. The topological polar surface area (TPSA) is 59.4 Å². The quantitative estimate of drug-likeness (QED) is 0.918. The highest BCUT2D eigenvalue weighted by atomic mass is 79.9. The van der Waals surface area contributed by atoms with Crippen molar-refractivity contribution >= 4 is 21.9 Å². The Morgan fingerprint density at radius 3 is 2.89 bits per heavy atom. The number of carbonyl (C=O) groups is 1. The molecule has 0 bridgehead atoms. The van der Waals surface area contributed by atoms with E-state index in [9.17, 15) is 4.79 Å². The van der Waals surface area contributed by atoms with Gasteiger partial charge in [0.1, 0.15) is 11.3 Å². The van der Waals surface area contributed by atoms with Gasteiger partial charge in [-0.05, 0) is 29.8 Å². The lowest BCUT2D eigenvalue weighted by atomic mass is 10.2. The molecular weight excluding hydrogens is 310 g/mol. The second-order valence-electron chi connectivity index (χ2n) is 3.91. The highest BCUT2D eigenvalue weighted by molar-refractivity contribution is 9.10. The largest absolute Gasteiger partial charge is 0.492 e. The Labute approximate surface area is 119 Å². The second kappa shape index (κ2) is 6.33. The first kappa shape index (κ1) is 13.5. The van der Waals surface area contributed by atoms with Gasteiger partial charge in [0.05, 0.1) is 6.61 Å². The summed E-state index contributed by atoms with van der Waals surface area (Å²) in [6.07, 6.45) is 4.16. The number of aromatic nitrogens is 1. The highest BCUT2D eigenvalue weighted by Crippen LogP contribution is 2.24. The normalized spacial score (nSPS) is 10.2. The Balaban J connectivity index is 2.03. The standard InChI is InChI=1S/C14H12BrNO3/c15-11-3-4-12(14(17)18)13(8-11)19-7-5-10-2-1-6-16-9-10/h1-4,6,8-9H,5,7H2,(H,17,18). The van der Waals surface area contributed by atoms with E-state index in [-0.39, 0.29) is 5.56 Å². The molecule has 0 unspecified atom stereocenters. The lowest BCUT2D eigenvalue weighted by Crippen LogP contribution is -2.06. The first-order valence-corrected chi connectivity index (χ1v) is 6.50. The third-order valence-electron chi connectivity index (χ3n) is 2.55. The Hall–Kier alpha value is -1.88. The molecule has 0 aliphatic rings. The van der Waals surface area contributed by atoms with E-state index >= 15 is 0 Å². The minimum atomic E-state index is -0.996. The lowest BCUT2D eigenvalue weighted by molar-refractivity contribution is 0.0692. The molecule has 2 aromatic rings. The van der Waals surface area contributed by atoms with Crippen LogP contribution < -0.4 is 4.74 Å². The van der Waals surface area contributed by atoms with E-state index < -0.39 is 5.97 Å². The average molecular weight is 322 g/mol. The van der Waals surface area contributed by atoms with Crippen LogP contribution in [0.5, 0.6) is 5.75 Å². The van der Waals surface area contributed by atoms with Crippen molar-refractivity contribution in [3.63, 3.8) is 0 Å². The van der Waals surface area contributed by atoms with E-state index in [0.29, 0.717) is 18.8 Å². The zero-order chi connectivity index (χ0) is 13.7. The van der Waals surface area contributed by atoms with Gasteiger partial charge in [0, 0.05) is 23.3 Å². The van der Waals surface area contributed by atoms with Gasteiger partial charge in [0.25, 0.3) is 0 Å². The Morgan fingerprint density at radius 1 is 1.37 bits per heavy atom. The fraction of sp³-hybridized carbons (Fsp3) is 0.143. The first-order valence-electron chi connectivity index (χ1n) is 5.71. The summed E-state index contributed by atoms with van der Waals surface area (Å²) in [7, 11) is 0. The first-order chi connectivity index (χ1) is 9.16. The van der Waals surface area contributed by atoms with Crippen molar-refractivity contribution in [2.45, 2.75) is 6.42 Å². The summed E-state index contributed by atoms with van der Waals surface area (Å²) in [5.41, 5.74) is 1.21. The summed E-state index contributed by atoms with van der Waals surface area (Å²) >= 11 is 3.30. The molecule has 98 valence electrons. The maximum Gasteiger partial charge on any atom is 0.339 e. The maximum atomic E-state index is 11.1. The van der Waals surface area contributed by atoms with Crippen LogP contribution in [0.3, 0.4) is 0 Å². The van der Waals surface area contributed by atoms with Gasteiger partial charge in [0.2, 0.25) is 0 Å². The van der Waals surface area contributed by atoms with E-state index in [2.05, 4.69) is 20.9 Å². The summed E-state index contributed by atoms with van der Waals surface area (Å²) < 4.78 is 6.33. The van der Waals surface area contributed by atoms with E-state index in [1.807, 2.05) is 12.1 Å². The molecule has 0 radical (unpaired) electrons. The minimum Gasteiger partial charge on any atom is -0.492 e. The smallest absolute Gasteiger partial charge is 0.339 e. The van der Waals surface area contributed by atoms with Crippen molar-refractivity contribution in [1.82, 2.24) is 4.98 Å². The van der Waals surface area contributed by atoms with Crippen molar-refractivity contribution in [2.75, 3.05) is 6.61 Å². The molecule has 1 heterocycles. The SMILES string of the molecule is O=C(O)c1ccc(Br)cc1OCCc1cccnc1. The molecule has 1 N–H and O–H groups in total. The molecule has 1 aromatic heterocycles. The number of hydrogen-bond acceptors (Lipinski definition) is 3. The molecule has 0 saturated heterocycles. The van der Waals surface area contributed by atoms with E-state index in [4.69, 9.17) is 9.84 Å². The van der Waals surface area contributed by atoms with Crippen LogP contribution in [0.25, 0.3) is 0 Å². The number of halogens is 1. The van der Waals surface area contributed by atoms with Crippen LogP contribution >= 0.6 is 15.9 Å². The molecule has 4 nitrogen and oxygen atoms in total. The molecule has 5 heteroatoms. The number of hydrogen-bond donors (Lipinski definition) is 1. The third-order valence-corrected chi connectivity index (χ3v) is 3.04. The molecule has 0 amide bonds. The predicted octanol–water partition coefficient (Wildman–Crippen LogP) is 3.16. The second-order valence-corrected chi connectivity index (χ2v) is 4.82. The van der Waals surface area contributed by atoms with Crippen LogP contribution in [0, 0.1) is 0 Å². The van der Waals surface area contributed by atoms with Crippen LogP contribution in [-0.4, -0.2) is 22.7 Å². The van der Waals surface area contributed by atoms with Crippen molar-refractivity contribution in [2.24, 2.45) is 0 Å². The predicted molar refractivity (Wildman–Crippen MR) is 74.5 cm³/mol. The molecule has 0 saturated carbocycles. The fourth-order valence-corrected chi connectivity index (χ4v) is 1.96. The molecule has 19 heavy (non-hydrogen) atoms.